The van der Waals surface area contributed by atoms with Gasteiger partial charge in [-0.05, 0) is 39.3 Å². The Bertz CT molecular complexity index is 1010. The van der Waals surface area contributed by atoms with Crippen molar-refractivity contribution in [2.24, 2.45) is 0 Å². The molecule has 0 unspecified atom stereocenters. The van der Waals surface area contributed by atoms with Crippen molar-refractivity contribution in [3.05, 3.63) is 52.9 Å². The lowest BCUT2D eigenvalue weighted by Crippen LogP contribution is -2.50. The maximum atomic E-state index is 13.1. The molecule has 2 aromatic rings. The van der Waals surface area contributed by atoms with E-state index in [1.54, 1.807) is 35.6 Å². The molecule has 1 aliphatic heterocycles. The van der Waals surface area contributed by atoms with Crippen LogP contribution in [0.1, 0.15) is 29.4 Å². The van der Waals surface area contributed by atoms with Crippen LogP contribution in [0.3, 0.4) is 0 Å². The van der Waals surface area contributed by atoms with Crippen LogP contribution in [0.5, 0.6) is 0 Å². The largest absolute Gasteiger partial charge is 0.337 e. The molecule has 1 aliphatic rings. The average Bonchev–Trinajstić information content (AvgIpc) is 3.01. The normalized spacial score (nSPS) is 15.9. The zero-order valence-corrected chi connectivity index (χ0v) is 18.2. The monoisotopic (exact) mass is 416 g/mol. The molecule has 0 radical (unpaired) electrons. The van der Waals surface area contributed by atoms with Crippen LogP contribution >= 0.6 is 0 Å². The SMILES string of the molecule is CCn1nc(C)c(S(=O)(=O)N2CCN(C(=O)C=Cc3ccc(C)cc3)CC2)c1C. The zero-order chi connectivity index (χ0) is 21.2. The Hall–Kier alpha value is -2.45. The average molecular weight is 417 g/mol. The van der Waals surface area contributed by atoms with Crippen molar-refractivity contribution in [2.75, 3.05) is 26.2 Å². The molecule has 1 amide bonds. The fraction of sp³-hybridized carbons (Fsp3) is 0.429. The molecule has 2 heterocycles. The molecule has 0 N–H and O–H groups in total. The van der Waals surface area contributed by atoms with E-state index < -0.39 is 10.0 Å². The second-order valence-electron chi connectivity index (χ2n) is 7.29. The summed E-state index contributed by atoms with van der Waals surface area (Å²) < 4.78 is 29.4. The summed E-state index contributed by atoms with van der Waals surface area (Å²) in [7, 11) is -3.63. The molecule has 29 heavy (non-hydrogen) atoms. The highest BCUT2D eigenvalue weighted by atomic mass is 32.2. The third-order valence-corrected chi connectivity index (χ3v) is 7.41. The van der Waals surface area contributed by atoms with Gasteiger partial charge in [0.1, 0.15) is 4.90 Å². The molecule has 3 rings (SSSR count). The second-order valence-corrected chi connectivity index (χ2v) is 9.16. The lowest BCUT2D eigenvalue weighted by Gasteiger charge is -2.33. The van der Waals surface area contributed by atoms with Gasteiger partial charge in [0.15, 0.2) is 0 Å². The summed E-state index contributed by atoms with van der Waals surface area (Å²) in [6.45, 7) is 9.39. The van der Waals surface area contributed by atoms with Gasteiger partial charge >= 0.3 is 0 Å². The molecule has 8 heteroatoms. The summed E-state index contributed by atoms with van der Waals surface area (Å²) in [6, 6.07) is 7.92. The smallest absolute Gasteiger partial charge is 0.246 e. The molecule has 156 valence electrons. The van der Waals surface area contributed by atoms with Crippen LogP contribution in [0.2, 0.25) is 0 Å². The molecule has 0 bridgehead atoms. The number of aryl methyl sites for hydroxylation is 3. The Balaban J connectivity index is 1.66. The first-order valence-electron chi connectivity index (χ1n) is 9.82. The Morgan fingerprint density at radius 3 is 2.24 bits per heavy atom. The molecular weight excluding hydrogens is 388 g/mol. The summed E-state index contributed by atoms with van der Waals surface area (Å²) >= 11 is 0. The minimum absolute atomic E-state index is 0.103. The van der Waals surface area contributed by atoms with E-state index in [9.17, 15) is 13.2 Å². The molecule has 1 aromatic heterocycles. The van der Waals surface area contributed by atoms with Crippen molar-refractivity contribution in [1.29, 1.82) is 0 Å². The van der Waals surface area contributed by atoms with Crippen LogP contribution in [0.25, 0.3) is 6.08 Å². The number of sulfonamides is 1. The fourth-order valence-electron chi connectivity index (χ4n) is 3.59. The fourth-order valence-corrected chi connectivity index (χ4v) is 5.39. The molecule has 1 aromatic carbocycles. The Labute approximate surface area is 172 Å². The van der Waals surface area contributed by atoms with E-state index in [-0.39, 0.29) is 19.0 Å². The van der Waals surface area contributed by atoms with Crippen LogP contribution in [0, 0.1) is 20.8 Å². The molecule has 0 atom stereocenters. The van der Waals surface area contributed by atoms with Crippen LogP contribution < -0.4 is 0 Å². The maximum Gasteiger partial charge on any atom is 0.246 e. The van der Waals surface area contributed by atoms with Crippen molar-refractivity contribution in [2.45, 2.75) is 39.1 Å². The summed E-state index contributed by atoms with van der Waals surface area (Å²) in [5.41, 5.74) is 3.30. The van der Waals surface area contributed by atoms with Crippen LogP contribution in [-0.2, 0) is 21.4 Å². The zero-order valence-electron chi connectivity index (χ0n) is 17.4. The van der Waals surface area contributed by atoms with Gasteiger partial charge in [0, 0.05) is 38.8 Å². The highest BCUT2D eigenvalue weighted by Crippen LogP contribution is 2.24. The minimum atomic E-state index is -3.63. The first kappa shape index (κ1) is 21.3. The molecular formula is C21H28N4O3S. The highest BCUT2D eigenvalue weighted by molar-refractivity contribution is 7.89. The van der Waals surface area contributed by atoms with Crippen molar-refractivity contribution < 1.29 is 13.2 Å². The van der Waals surface area contributed by atoms with Gasteiger partial charge < -0.3 is 4.90 Å². The van der Waals surface area contributed by atoms with E-state index in [2.05, 4.69) is 5.10 Å². The Kier molecular flexibility index (Phi) is 6.24. The van der Waals surface area contributed by atoms with Gasteiger partial charge in [-0.1, -0.05) is 29.8 Å². The number of carbonyl (C=O) groups excluding carboxylic acids is 1. The van der Waals surface area contributed by atoms with Crippen LogP contribution in [-0.4, -0.2) is 59.5 Å². The number of aromatic nitrogens is 2. The van der Waals surface area contributed by atoms with Gasteiger partial charge in [0.05, 0.1) is 11.4 Å². The van der Waals surface area contributed by atoms with E-state index >= 15 is 0 Å². The quantitative estimate of drug-likeness (QED) is 0.702. The van der Waals surface area contributed by atoms with E-state index in [0.29, 0.717) is 35.9 Å². The predicted molar refractivity (Wildman–Crippen MR) is 113 cm³/mol. The third kappa shape index (κ3) is 4.43. The number of amides is 1. The van der Waals surface area contributed by atoms with Crippen molar-refractivity contribution in [3.63, 3.8) is 0 Å². The summed E-state index contributed by atoms with van der Waals surface area (Å²) in [4.78, 5) is 14.4. The summed E-state index contributed by atoms with van der Waals surface area (Å²) in [5, 5.41) is 4.33. The van der Waals surface area contributed by atoms with Gasteiger partial charge in [0.25, 0.3) is 0 Å². The predicted octanol–water partition coefficient (Wildman–Crippen LogP) is 2.37. The second kappa shape index (κ2) is 8.51. The Morgan fingerprint density at radius 1 is 1.07 bits per heavy atom. The van der Waals surface area contributed by atoms with Crippen molar-refractivity contribution in [1.82, 2.24) is 19.0 Å². The number of carbonyl (C=O) groups is 1. The molecule has 0 saturated carbocycles. The number of piperazine rings is 1. The lowest BCUT2D eigenvalue weighted by molar-refractivity contribution is -0.127. The first-order valence-corrected chi connectivity index (χ1v) is 11.3. The number of hydrogen-bond acceptors (Lipinski definition) is 4. The summed E-state index contributed by atoms with van der Waals surface area (Å²) in [6.07, 6.45) is 3.34. The van der Waals surface area contributed by atoms with Crippen molar-refractivity contribution in [3.8, 4) is 0 Å². The number of hydrogen-bond donors (Lipinski definition) is 0. The van der Waals surface area contributed by atoms with Crippen molar-refractivity contribution >= 4 is 22.0 Å². The van der Waals surface area contributed by atoms with E-state index in [1.165, 1.54) is 9.87 Å². The topological polar surface area (TPSA) is 75.5 Å². The van der Waals surface area contributed by atoms with Gasteiger partial charge in [-0.25, -0.2) is 8.42 Å². The number of rotatable bonds is 5. The lowest BCUT2D eigenvalue weighted by atomic mass is 10.1. The van der Waals surface area contributed by atoms with Gasteiger partial charge in [0.2, 0.25) is 15.9 Å². The van der Waals surface area contributed by atoms with Gasteiger partial charge in [-0.2, -0.15) is 9.40 Å². The molecule has 0 aliphatic carbocycles. The molecule has 1 fully saturated rings. The maximum absolute atomic E-state index is 13.1. The van der Waals surface area contributed by atoms with E-state index in [0.717, 1.165) is 5.56 Å². The standard InChI is InChI=1S/C21H28N4O3S/c1-5-25-18(4)21(17(3)22-25)29(27,28)24-14-12-23(13-15-24)20(26)11-10-19-8-6-16(2)7-9-19/h6-11H,5,12-15H2,1-4H3. The first-order chi connectivity index (χ1) is 13.7. The minimum Gasteiger partial charge on any atom is -0.337 e. The van der Waals surface area contributed by atoms with E-state index in [4.69, 9.17) is 0 Å². The van der Waals surface area contributed by atoms with Crippen LogP contribution in [0.15, 0.2) is 35.2 Å². The highest BCUT2D eigenvalue weighted by Gasteiger charge is 2.33. The molecule has 7 nitrogen and oxygen atoms in total. The number of nitrogens with zero attached hydrogens (tertiary/aromatic N) is 4. The molecule has 1 saturated heterocycles. The van der Waals surface area contributed by atoms with Crippen LogP contribution in [0.4, 0.5) is 0 Å². The number of benzene rings is 1. The Morgan fingerprint density at radius 2 is 1.69 bits per heavy atom. The van der Waals surface area contributed by atoms with Gasteiger partial charge in [-0.15, -0.1) is 0 Å². The van der Waals surface area contributed by atoms with E-state index in [1.807, 2.05) is 38.1 Å². The third-order valence-electron chi connectivity index (χ3n) is 5.26. The van der Waals surface area contributed by atoms with Gasteiger partial charge in [-0.3, -0.25) is 9.48 Å². The summed E-state index contributed by atoms with van der Waals surface area (Å²) in [5.74, 6) is -0.103. The molecule has 0 spiro atoms.